The van der Waals surface area contributed by atoms with E-state index in [1.807, 2.05) is 0 Å². The Morgan fingerprint density at radius 3 is 2.44 bits per heavy atom. The maximum atomic E-state index is 12.5. The molecule has 0 saturated carbocycles. The van der Waals surface area contributed by atoms with Crippen molar-refractivity contribution in [2.75, 3.05) is 13.2 Å². The molecule has 0 fully saturated rings. The Balaban J connectivity index is 1.71. The molecule has 7 heteroatoms. The normalized spacial score (nSPS) is 14.6. The molecule has 0 spiro atoms. The highest BCUT2D eigenvalue weighted by Gasteiger charge is 2.30. The molecule has 4 nitrogen and oxygen atoms in total. The van der Waals surface area contributed by atoms with Gasteiger partial charge in [0, 0.05) is 6.54 Å². The minimum atomic E-state index is -4.46. The molecule has 0 bridgehead atoms. The van der Waals surface area contributed by atoms with Gasteiger partial charge in [-0.2, -0.15) is 13.2 Å². The molecule has 0 saturated heterocycles. The van der Waals surface area contributed by atoms with Gasteiger partial charge in [-0.3, -0.25) is 4.79 Å². The third kappa shape index (κ3) is 6.25. The minimum absolute atomic E-state index is 0.0341. The number of hydrogen-bond donors (Lipinski definition) is 1. The zero-order chi connectivity index (χ0) is 18.3. The van der Waals surface area contributed by atoms with Crippen molar-refractivity contribution >= 4 is 11.9 Å². The molecule has 136 valence electrons. The summed E-state index contributed by atoms with van der Waals surface area (Å²) in [7, 11) is 0. The molecule has 0 atom stereocenters. The standard InChI is InChI=1S/C18H20F3NO3/c19-18(20,21)15-8-6-14(7-9-15)17(24)25-12-16(23)22-11-10-13-4-2-1-3-5-13/h4,6-9H,1-3,5,10-12H2,(H,22,23). The van der Waals surface area contributed by atoms with E-state index in [9.17, 15) is 22.8 Å². The third-order valence-corrected chi connectivity index (χ3v) is 3.94. The van der Waals surface area contributed by atoms with Crippen LogP contribution in [0.1, 0.15) is 48.0 Å². The van der Waals surface area contributed by atoms with Crippen LogP contribution in [0.25, 0.3) is 0 Å². The number of hydrogen-bond acceptors (Lipinski definition) is 3. The molecule has 0 aromatic heterocycles. The number of ether oxygens (including phenoxy) is 1. The van der Waals surface area contributed by atoms with Gasteiger partial charge in [0.05, 0.1) is 11.1 Å². The summed E-state index contributed by atoms with van der Waals surface area (Å²) in [5, 5.41) is 2.66. The van der Waals surface area contributed by atoms with E-state index in [1.165, 1.54) is 18.4 Å². The fourth-order valence-electron chi connectivity index (χ4n) is 2.55. The summed E-state index contributed by atoms with van der Waals surface area (Å²) < 4.78 is 42.2. The minimum Gasteiger partial charge on any atom is -0.452 e. The van der Waals surface area contributed by atoms with E-state index in [4.69, 9.17) is 4.74 Å². The van der Waals surface area contributed by atoms with Crippen molar-refractivity contribution in [2.24, 2.45) is 0 Å². The Bertz CT molecular complexity index is 636. The first-order valence-corrected chi connectivity index (χ1v) is 8.15. The van der Waals surface area contributed by atoms with Crippen molar-refractivity contribution in [3.05, 3.63) is 47.0 Å². The molecule has 0 heterocycles. The number of benzene rings is 1. The van der Waals surface area contributed by atoms with Crippen LogP contribution in [0.5, 0.6) is 0 Å². The third-order valence-electron chi connectivity index (χ3n) is 3.94. The molecular weight excluding hydrogens is 335 g/mol. The first kappa shape index (κ1) is 19.0. The summed E-state index contributed by atoms with van der Waals surface area (Å²) in [4.78, 5) is 23.4. The summed E-state index contributed by atoms with van der Waals surface area (Å²) in [6.45, 7) is 0.0153. The van der Waals surface area contributed by atoms with Gasteiger partial charge in [0.2, 0.25) is 0 Å². The molecule has 0 unspecified atom stereocenters. The van der Waals surface area contributed by atoms with Crippen LogP contribution in [0.15, 0.2) is 35.9 Å². The van der Waals surface area contributed by atoms with Gasteiger partial charge in [0.25, 0.3) is 5.91 Å². The summed E-state index contributed by atoms with van der Waals surface area (Å²) in [5.41, 5.74) is 0.445. The fourth-order valence-corrected chi connectivity index (χ4v) is 2.55. The molecule has 0 radical (unpaired) electrons. The van der Waals surface area contributed by atoms with E-state index < -0.39 is 30.2 Å². The number of halogens is 3. The van der Waals surface area contributed by atoms with Crippen LogP contribution in [0.3, 0.4) is 0 Å². The zero-order valence-corrected chi connectivity index (χ0v) is 13.7. The summed E-state index contributed by atoms with van der Waals surface area (Å²) in [6.07, 6.45) is 3.02. The van der Waals surface area contributed by atoms with E-state index in [-0.39, 0.29) is 5.56 Å². The number of allylic oxidation sites excluding steroid dienone is 1. The van der Waals surface area contributed by atoms with Gasteiger partial charge in [0.1, 0.15) is 0 Å². The average molecular weight is 355 g/mol. The Hall–Kier alpha value is -2.31. The van der Waals surface area contributed by atoms with Crippen LogP contribution in [-0.4, -0.2) is 25.0 Å². The maximum absolute atomic E-state index is 12.5. The van der Waals surface area contributed by atoms with Crippen molar-refractivity contribution in [3.8, 4) is 0 Å². The lowest BCUT2D eigenvalue weighted by molar-refractivity contribution is -0.137. The first-order valence-electron chi connectivity index (χ1n) is 8.15. The van der Waals surface area contributed by atoms with Gasteiger partial charge in [0.15, 0.2) is 6.61 Å². The summed E-state index contributed by atoms with van der Waals surface area (Å²) >= 11 is 0. The summed E-state index contributed by atoms with van der Waals surface area (Å²) in [6, 6.07) is 3.65. The van der Waals surface area contributed by atoms with Crippen LogP contribution in [-0.2, 0) is 15.7 Å². The van der Waals surface area contributed by atoms with Crippen LogP contribution >= 0.6 is 0 Å². The van der Waals surface area contributed by atoms with Crippen molar-refractivity contribution in [1.82, 2.24) is 5.32 Å². The molecule has 1 N–H and O–H groups in total. The van der Waals surface area contributed by atoms with Crippen molar-refractivity contribution in [1.29, 1.82) is 0 Å². The highest BCUT2D eigenvalue weighted by molar-refractivity contribution is 5.91. The number of rotatable bonds is 6. The second-order valence-electron chi connectivity index (χ2n) is 5.86. The second-order valence-corrected chi connectivity index (χ2v) is 5.86. The first-order chi connectivity index (χ1) is 11.9. The fraction of sp³-hybridized carbons (Fsp3) is 0.444. The summed E-state index contributed by atoms with van der Waals surface area (Å²) in [5.74, 6) is -1.27. The van der Waals surface area contributed by atoms with Crippen LogP contribution < -0.4 is 5.32 Å². The topological polar surface area (TPSA) is 55.4 Å². The van der Waals surface area contributed by atoms with Gasteiger partial charge in [-0.1, -0.05) is 11.6 Å². The lowest BCUT2D eigenvalue weighted by atomic mass is 9.97. The van der Waals surface area contributed by atoms with Gasteiger partial charge >= 0.3 is 12.1 Å². The molecule has 25 heavy (non-hydrogen) atoms. The van der Waals surface area contributed by atoms with E-state index in [0.717, 1.165) is 43.5 Å². The molecular formula is C18H20F3NO3. The van der Waals surface area contributed by atoms with E-state index in [1.54, 1.807) is 0 Å². The van der Waals surface area contributed by atoms with Crippen LogP contribution in [0.4, 0.5) is 13.2 Å². The predicted molar refractivity (Wildman–Crippen MR) is 85.9 cm³/mol. The van der Waals surface area contributed by atoms with Gasteiger partial charge in [-0.05, 0) is 56.4 Å². The smallest absolute Gasteiger partial charge is 0.416 e. The van der Waals surface area contributed by atoms with E-state index in [0.29, 0.717) is 6.54 Å². The van der Waals surface area contributed by atoms with E-state index >= 15 is 0 Å². The average Bonchev–Trinajstić information content (AvgIpc) is 2.60. The number of carbonyl (C=O) groups is 2. The van der Waals surface area contributed by atoms with Crippen molar-refractivity contribution in [2.45, 2.75) is 38.3 Å². The Kier molecular flexibility index (Phi) is 6.61. The van der Waals surface area contributed by atoms with Gasteiger partial charge < -0.3 is 10.1 Å². The molecule has 1 aliphatic rings. The Morgan fingerprint density at radius 1 is 1.12 bits per heavy atom. The van der Waals surface area contributed by atoms with Gasteiger partial charge in [-0.15, -0.1) is 0 Å². The second kappa shape index (κ2) is 8.69. The number of carbonyl (C=O) groups excluding carboxylic acids is 2. The lowest BCUT2D eigenvalue weighted by Crippen LogP contribution is -2.29. The molecule has 2 rings (SSSR count). The lowest BCUT2D eigenvalue weighted by Gasteiger charge is -2.13. The molecule has 1 aromatic rings. The Morgan fingerprint density at radius 2 is 1.84 bits per heavy atom. The molecule has 1 aliphatic carbocycles. The van der Waals surface area contributed by atoms with Crippen molar-refractivity contribution < 1.29 is 27.5 Å². The Labute approximate surface area is 144 Å². The quantitative estimate of drug-likeness (QED) is 0.623. The van der Waals surface area contributed by atoms with Crippen molar-refractivity contribution in [3.63, 3.8) is 0 Å². The van der Waals surface area contributed by atoms with Crippen LogP contribution in [0.2, 0.25) is 0 Å². The zero-order valence-electron chi connectivity index (χ0n) is 13.7. The highest BCUT2D eigenvalue weighted by Crippen LogP contribution is 2.29. The molecule has 0 aliphatic heterocycles. The number of nitrogens with one attached hydrogen (secondary N) is 1. The SMILES string of the molecule is O=C(COC(=O)c1ccc(C(F)(F)F)cc1)NCCC1=CCCCC1. The largest absolute Gasteiger partial charge is 0.452 e. The monoisotopic (exact) mass is 355 g/mol. The van der Waals surface area contributed by atoms with Crippen LogP contribution in [0, 0.1) is 0 Å². The maximum Gasteiger partial charge on any atom is 0.416 e. The van der Waals surface area contributed by atoms with Gasteiger partial charge in [-0.25, -0.2) is 4.79 Å². The molecule has 1 amide bonds. The number of alkyl halides is 3. The predicted octanol–water partition coefficient (Wildman–Crippen LogP) is 3.87. The highest BCUT2D eigenvalue weighted by atomic mass is 19.4. The number of esters is 1. The molecule has 1 aromatic carbocycles. The number of amides is 1. The van der Waals surface area contributed by atoms with E-state index in [2.05, 4.69) is 11.4 Å².